The van der Waals surface area contributed by atoms with Crippen molar-refractivity contribution in [1.82, 2.24) is 10.2 Å². The molecule has 0 spiro atoms. The fourth-order valence-electron chi connectivity index (χ4n) is 2.79. The summed E-state index contributed by atoms with van der Waals surface area (Å²) in [5.41, 5.74) is 1.39. The molecule has 0 radical (unpaired) electrons. The molecule has 0 aromatic heterocycles. The summed E-state index contributed by atoms with van der Waals surface area (Å²) in [5, 5.41) is 2.83. The molecule has 1 unspecified atom stereocenters. The van der Waals surface area contributed by atoms with Gasteiger partial charge in [0, 0.05) is 6.54 Å². The van der Waals surface area contributed by atoms with Crippen molar-refractivity contribution in [3.05, 3.63) is 35.4 Å². The van der Waals surface area contributed by atoms with Crippen molar-refractivity contribution < 1.29 is 9.59 Å². The first-order chi connectivity index (χ1) is 9.72. The van der Waals surface area contributed by atoms with Crippen molar-refractivity contribution in [2.45, 2.75) is 52.7 Å². The predicted molar refractivity (Wildman–Crippen MR) is 82.6 cm³/mol. The molecular weight excluding hydrogens is 264 g/mol. The molecule has 0 aliphatic carbocycles. The molecule has 0 saturated carbocycles. The first kappa shape index (κ1) is 15.5. The summed E-state index contributed by atoms with van der Waals surface area (Å²) in [6.45, 7) is 9.95. The van der Waals surface area contributed by atoms with Crippen LogP contribution in [0.2, 0.25) is 0 Å². The normalized spacial score (nSPS) is 21.6. The van der Waals surface area contributed by atoms with Crippen LogP contribution >= 0.6 is 0 Å². The van der Waals surface area contributed by atoms with Crippen molar-refractivity contribution in [3.63, 3.8) is 0 Å². The van der Waals surface area contributed by atoms with Gasteiger partial charge in [0.2, 0.25) is 11.8 Å². The third kappa shape index (κ3) is 3.09. The largest absolute Gasteiger partial charge is 0.340 e. The highest BCUT2D eigenvalue weighted by Crippen LogP contribution is 2.24. The lowest BCUT2D eigenvalue weighted by molar-refractivity contribution is -0.156. The SMILES string of the molecule is Cc1ccc(CN2C(=O)C(C)(C)NC(=O)C2C(C)C)cc1. The Hall–Kier alpha value is -1.84. The van der Waals surface area contributed by atoms with Crippen molar-refractivity contribution in [2.24, 2.45) is 5.92 Å². The van der Waals surface area contributed by atoms with E-state index in [1.165, 1.54) is 5.56 Å². The fraction of sp³-hybridized carbons (Fsp3) is 0.529. The molecule has 1 aliphatic heterocycles. The highest BCUT2D eigenvalue weighted by molar-refractivity contribution is 5.99. The van der Waals surface area contributed by atoms with E-state index in [9.17, 15) is 9.59 Å². The van der Waals surface area contributed by atoms with Gasteiger partial charge in [0.25, 0.3) is 0 Å². The van der Waals surface area contributed by atoms with Crippen LogP contribution in [0.1, 0.15) is 38.8 Å². The number of piperazine rings is 1. The van der Waals surface area contributed by atoms with E-state index < -0.39 is 11.6 Å². The van der Waals surface area contributed by atoms with Gasteiger partial charge in [-0.3, -0.25) is 9.59 Å². The lowest BCUT2D eigenvalue weighted by Gasteiger charge is -2.44. The van der Waals surface area contributed by atoms with Crippen LogP contribution in [-0.4, -0.2) is 28.3 Å². The van der Waals surface area contributed by atoms with Crippen molar-refractivity contribution >= 4 is 11.8 Å². The second-order valence-corrected chi connectivity index (χ2v) is 6.72. The number of nitrogens with one attached hydrogen (secondary N) is 1. The number of carbonyl (C=O) groups is 2. The maximum Gasteiger partial charge on any atom is 0.248 e. The lowest BCUT2D eigenvalue weighted by Crippen LogP contribution is -2.68. The Morgan fingerprint density at radius 2 is 1.76 bits per heavy atom. The van der Waals surface area contributed by atoms with Crippen LogP contribution in [0, 0.1) is 12.8 Å². The van der Waals surface area contributed by atoms with E-state index in [1.54, 1.807) is 18.7 Å². The molecule has 1 fully saturated rings. The average molecular weight is 288 g/mol. The first-order valence-electron chi connectivity index (χ1n) is 7.41. The number of carbonyl (C=O) groups excluding carboxylic acids is 2. The van der Waals surface area contributed by atoms with Crippen LogP contribution in [0.3, 0.4) is 0 Å². The van der Waals surface area contributed by atoms with E-state index in [0.717, 1.165) is 5.56 Å². The zero-order valence-corrected chi connectivity index (χ0v) is 13.4. The molecule has 114 valence electrons. The molecule has 2 amide bonds. The zero-order valence-electron chi connectivity index (χ0n) is 13.4. The van der Waals surface area contributed by atoms with Crippen molar-refractivity contribution in [3.8, 4) is 0 Å². The second-order valence-electron chi connectivity index (χ2n) is 6.72. The minimum Gasteiger partial charge on any atom is -0.340 e. The number of nitrogens with zero attached hydrogens (tertiary/aromatic N) is 1. The number of hydrogen-bond acceptors (Lipinski definition) is 2. The highest BCUT2D eigenvalue weighted by Gasteiger charge is 2.46. The van der Waals surface area contributed by atoms with Crippen LogP contribution < -0.4 is 5.32 Å². The van der Waals surface area contributed by atoms with Gasteiger partial charge in [0.05, 0.1) is 0 Å². The minimum atomic E-state index is -0.840. The Balaban J connectivity index is 2.32. The molecule has 2 rings (SSSR count). The van der Waals surface area contributed by atoms with Gasteiger partial charge >= 0.3 is 0 Å². The Kier molecular flexibility index (Phi) is 4.08. The van der Waals surface area contributed by atoms with E-state index in [1.807, 2.05) is 45.0 Å². The van der Waals surface area contributed by atoms with Crippen LogP contribution in [0.4, 0.5) is 0 Å². The third-order valence-electron chi connectivity index (χ3n) is 3.94. The second kappa shape index (κ2) is 5.51. The lowest BCUT2D eigenvalue weighted by atomic mass is 9.91. The summed E-state index contributed by atoms with van der Waals surface area (Å²) in [4.78, 5) is 26.8. The number of hydrogen-bond donors (Lipinski definition) is 1. The van der Waals surface area contributed by atoms with Crippen LogP contribution in [0.5, 0.6) is 0 Å². The van der Waals surface area contributed by atoms with Crippen LogP contribution in [-0.2, 0) is 16.1 Å². The molecule has 1 atom stereocenters. The fourth-order valence-corrected chi connectivity index (χ4v) is 2.79. The smallest absolute Gasteiger partial charge is 0.248 e. The summed E-state index contributed by atoms with van der Waals surface area (Å²) in [7, 11) is 0. The van der Waals surface area contributed by atoms with E-state index in [4.69, 9.17) is 0 Å². The minimum absolute atomic E-state index is 0.0265. The van der Waals surface area contributed by atoms with Gasteiger partial charge in [0.15, 0.2) is 0 Å². The van der Waals surface area contributed by atoms with Gasteiger partial charge < -0.3 is 10.2 Å². The van der Waals surface area contributed by atoms with Crippen LogP contribution in [0.25, 0.3) is 0 Å². The van der Waals surface area contributed by atoms with Gasteiger partial charge in [-0.25, -0.2) is 0 Å². The molecule has 4 heteroatoms. The predicted octanol–water partition coefficient (Wildman–Crippen LogP) is 2.26. The monoisotopic (exact) mass is 288 g/mol. The standard InChI is InChI=1S/C17H24N2O2/c1-11(2)14-15(20)18-17(4,5)16(21)19(14)10-13-8-6-12(3)7-9-13/h6-9,11,14H,10H2,1-5H3,(H,18,20). The molecule has 4 nitrogen and oxygen atoms in total. The number of rotatable bonds is 3. The summed E-state index contributed by atoms with van der Waals surface area (Å²) < 4.78 is 0. The maximum atomic E-state index is 12.7. The molecule has 1 saturated heterocycles. The first-order valence-corrected chi connectivity index (χ1v) is 7.41. The molecule has 1 aromatic carbocycles. The quantitative estimate of drug-likeness (QED) is 0.927. The van der Waals surface area contributed by atoms with Gasteiger partial charge in [-0.05, 0) is 32.3 Å². The van der Waals surface area contributed by atoms with Gasteiger partial charge in [-0.15, -0.1) is 0 Å². The van der Waals surface area contributed by atoms with Crippen LogP contribution in [0.15, 0.2) is 24.3 Å². The van der Waals surface area contributed by atoms with Crippen molar-refractivity contribution in [1.29, 1.82) is 0 Å². The van der Waals surface area contributed by atoms with E-state index in [2.05, 4.69) is 5.32 Å². The summed E-state index contributed by atoms with van der Waals surface area (Å²) in [5.74, 6) is -0.0152. The third-order valence-corrected chi connectivity index (χ3v) is 3.94. The Morgan fingerprint density at radius 1 is 1.19 bits per heavy atom. The van der Waals surface area contributed by atoms with E-state index >= 15 is 0 Å². The molecular formula is C17H24N2O2. The van der Waals surface area contributed by atoms with Gasteiger partial charge in [-0.1, -0.05) is 43.7 Å². The van der Waals surface area contributed by atoms with E-state index in [-0.39, 0.29) is 17.7 Å². The zero-order chi connectivity index (χ0) is 15.8. The Bertz CT molecular complexity index is 546. The van der Waals surface area contributed by atoms with Gasteiger partial charge in [0.1, 0.15) is 11.6 Å². The summed E-state index contributed by atoms with van der Waals surface area (Å²) >= 11 is 0. The topological polar surface area (TPSA) is 49.4 Å². The molecule has 1 N–H and O–H groups in total. The Labute approximate surface area is 126 Å². The van der Waals surface area contributed by atoms with Gasteiger partial charge in [-0.2, -0.15) is 0 Å². The summed E-state index contributed by atoms with van der Waals surface area (Å²) in [6, 6.07) is 7.67. The molecule has 1 heterocycles. The highest BCUT2D eigenvalue weighted by atomic mass is 16.2. The number of benzene rings is 1. The maximum absolute atomic E-state index is 12.7. The molecule has 1 aliphatic rings. The molecule has 21 heavy (non-hydrogen) atoms. The average Bonchev–Trinajstić information content (AvgIpc) is 2.37. The number of amides is 2. The Morgan fingerprint density at radius 3 is 2.29 bits per heavy atom. The molecule has 1 aromatic rings. The molecule has 0 bridgehead atoms. The van der Waals surface area contributed by atoms with E-state index in [0.29, 0.717) is 6.54 Å². The summed E-state index contributed by atoms with van der Waals surface area (Å²) in [6.07, 6.45) is 0. The number of aryl methyl sites for hydroxylation is 1. The van der Waals surface area contributed by atoms with Crippen molar-refractivity contribution in [2.75, 3.05) is 0 Å².